The fourth-order valence-corrected chi connectivity index (χ4v) is 2.31. The van der Waals surface area contributed by atoms with Crippen molar-refractivity contribution in [3.63, 3.8) is 0 Å². The Morgan fingerprint density at radius 3 is 2.82 bits per heavy atom. The van der Waals surface area contributed by atoms with Gasteiger partial charge >= 0.3 is 5.97 Å². The molecule has 0 aromatic carbocycles. The van der Waals surface area contributed by atoms with Crippen LogP contribution in [0.4, 0.5) is 0 Å². The lowest BCUT2D eigenvalue weighted by Crippen LogP contribution is -2.56. The first-order valence-electron chi connectivity index (χ1n) is 5.88. The van der Waals surface area contributed by atoms with Gasteiger partial charge in [0.15, 0.2) is 0 Å². The molecule has 0 saturated carbocycles. The van der Waals surface area contributed by atoms with Crippen LogP contribution in [0.5, 0.6) is 0 Å². The maximum Gasteiger partial charge on any atom is 0.326 e. The Kier molecular flexibility index (Phi) is 4.69. The van der Waals surface area contributed by atoms with E-state index in [9.17, 15) is 14.7 Å². The maximum atomic E-state index is 12.0. The summed E-state index contributed by atoms with van der Waals surface area (Å²) in [6.45, 7) is 5.87. The Balaban J connectivity index is 2.81. The Hall–Kier alpha value is -1.36. The summed E-state index contributed by atoms with van der Waals surface area (Å²) in [5.41, 5.74) is 5.71. The van der Waals surface area contributed by atoms with E-state index >= 15 is 0 Å². The van der Waals surface area contributed by atoms with Crippen molar-refractivity contribution in [3.05, 3.63) is 12.7 Å². The van der Waals surface area contributed by atoms with Gasteiger partial charge in [0.05, 0.1) is 6.04 Å². The smallest absolute Gasteiger partial charge is 0.326 e. The van der Waals surface area contributed by atoms with E-state index in [0.717, 1.165) is 12.8 Å². The molecule has 1 aliphatic heterocycles. The van der Waals surface area contributed by atoms with Gasteiger partial charge in [-0.2, -0.15) is 0 Å². The van der Waals surface area contributed by atoms with Crippen LogP contribution < -0.4 is 5.73 Å². The van der Waals surface area contributed by atoms with Gasteiger partial charge in [0.1, 0.15) is 6.04 Å². The lowest BCUT2D eigenvalue weighted by Gasteiger charge is -2.38. The number of nitrogens with zero attached hydrogens (tertiary/aromatic N) is 1. The van der Waals surface area contributed by atoms with Crippen LogP contribution >= 0.6 is 0 Å². The highest BCUT2D eigenvalue weighted by atomic mass is 16.4. The van der Waals surface area contributed by atoms with Crippen molar-refractivity contribution in [1.82, 2.24) is 4.90 Å². The van der Waals surface area contributed by atoms with Crippen LogP contribution in [0.25, 0.3) is 0 Å². The van der Waals surface area contributed by atoms with E-state index in [1.807, 2.05) is 6.92 Å². The first kappa shape index (κ1) is 13.7. The van der Waals surface area contributed by atoms with Gasteiger partial charge in [-0.05, 0) is 25.2 Å². The van der Waals surface area contributed by atoms with Crippen molar-refractivity contribution >= 4 is 11.9 Å². The molecule has 96 valence electrons. The van der Waals surface area contributed by atoms with E-state index in [-0.39, 0.29) is 11.8 Å². The first-order chi connectivity index (χ1) is 7.99. The van der Waals surface area contributed by atoms with Crippen LogP contribution in [0.2, 0.25) is 0 Å². The third-order valence-electron chi connectivity index (χ3n) is 3.21. The van der Waals surface area contributed by atoms with E-state index in [4.69, 9.17) is 5.73 Å². The molecule has 1 saturated heterocycles. The van der Waals surface area contributed by atoms with Crippen LogP contribution in [0.15, 0.2) is 12.7 Å². The van der Waals surface area contributed by atoms with Crippen LogP contribution in [0, 0.1) is 5.92 Å². The predicted octanol–water partition coefficient (Wildman–Crippen LogP) is 0.601. The second-order valence-corrected chi connectivity index (χ2v) is 4.57. The third-order valence-corrected chi connectivity index (χ3v) is 3.21. The average Bonchev–Trinajstić information content (AvgIpc) is 2.27. The lowest BCUT2D eigenvalue weighted by atomic mass is 9.90. The quantitative estimate of drug-likeness (QED) is 0.705. The largest absolute Gasteiger partial charge is 0.480 e. The summed E-state index contributed by atoms with van der Waals surface area (Å²) >= 11 is 0. The van der Waals surface area contributed by atoms with E-state index in [1.54, 1.807) is 6.08 Å². The molecule has 1 heterocycles. The minimum Gasteiger partial charge on any atom is -0.480 e. The molecule has 17 heavy (non-hydrogen) atoms. The number of nitrogens with two attached hydrogens (primary N) is 1. The molecular weight excluding hydrogens is 220 g/mol. The number of likely N-dealkylation sites (tertiary alicyclic amines) is 1. The topological polar surface area (TPSA) is 83.6 Å². The molecule has 0 bridgehead atoms. The summed E-state index contributed by atoms with van der Waals surface area (Å²) in [5, 5.41) is 9.18. The molecule has 1 amide bonds. The van der Waals surface area contributed by atoms with E-state index in [0.29, 0.717) is 13.0 Å². The SMILES string of the molecule is C=CCC(N)C(=O)N1CCCC(C)C1C(=O)O. The summed E-state index contributed by atoms with van der Waals surface area (Å²) < 4.78 is 0. The molecule has 3 N–H and O–H groups in total. The highest BCUT2D eigenvalue weighted by molar-refractivity contribution is 5.87. The zero-order chi connectivity index (χ0) is 13.0. The van der Waals surface area contributed by atoms with E-state index in [2.05, 4.69) is 6.58 Å². The van der Waals surface area contributed by atoms with Gasteiger partial charge in [0.2, 0.25) is 5.91 Å². The number of amides is 1. The molecule has 0 aliphatic carbocycles. The zero-order valence-electron chi connectivity index (χ0n) is 10.1. The number of carboxylic acids is 1. The summed E-state index contributed by atoms with van der Waals surface area (Å²) in [4.78, 5) is 24.7. The number of hydrogen-bond acceptors (Lipinski definition) is 3. The number of carbonyl (C=O) groups is 2. The molecule has 1 aliphatic rings. The highest BCUT2D eigenvalue weighted by Gasteiger charge is 2.38. The Bertz CT molecular complexity index is 317. The van der Waals surface area contributed by atoms with Crippen molar-refractivity contribution in [2.45, 2.75) is 38.3 Å². The molecular formula is C12H20N2O3. The van der Waals surface area contributed by atoms with Crippen molar-refractivity contribution < 1.29 is 14.7 Å². The predicted molar refractivity (Wildman–Crippen MR) is 64.3 cm³/mol. The second-order valence-electron chi connectivity index (χ2n) is 4.57. The van der Waals surface area contributed by atoms with Gasteiger partial charge in [0, 0.05) is 6.54 Å². The first-order valence-corrected chi connectivity index (χ1v) is 5.88. The van der Waals surface area contributed by atoms with Crippen molar-refractivity contribution in [2.24, 2.45) is 11.7 Å². The van der Waals surface area contributed by atoms with Crippen molar-refractivity contribution in [3.8, 4) is 0 Å². The van der Waals surface area contributed by atoms with Gasteiger partial charge in [-0.15, -0.1) is 6.58 Å². The third kappa shape index (κ3) is 3.06. The molecule has 5 heteroatoms. The van der Waals surface area contributed by atoms with Crippen LogP contribution in [-0.2, 0) is 9.59 Å². The van der Waals surface area contributed by atoms with Gasteiger partial charge in [-0.3, -0.25) is 4.79 Å². The maximum absolute atomic E-state index is 12.0. The number of aliphatic carboxylic acids is 1. The number of piperidine rings is 1. The molecule has 0 radical (unpaired) electrons. The fraction of sp³-hybridized carbons (Fsp3) is 0.667. The van der Waals surface area contributed by atoms with E-state index in [1.165, 1.54) is 4.90 Å². The molecule has 5 nitrogen and oxygen atoms in total. The Morgan fingerprint density at radius 2 is 2.29 bits per heavy atom. The number of hydrogen-bond donors (Lipinski definition) is 2. The highest BCUT2D eigenvalue weighted by Crippen LogP contribution is 2.24. The van der Waals surface area contributed by atoms with Gasteiger partial charge in [-0.1, -0.05) is 13.0 Å². The van der Waals surface area contributed by atoms with Gasteiger partial charge in [0.25, 0.3) is 0 Å². The number of carboxylic acid groups (broad SMARTS) is 1. The van der Waals surface area contributed by atoms with Crippen molar-refractivity contribution in [2.75, 3.05) is 6.54 Å². The normalized spacial score (nSPS) is 26.4. The summed E-state index contributed by atoms with van der Waals surface area (Å²) in [7, 11) is 0. The summed E-state index contributed by atoms with van der Waals surface area (Å²) in [6, 6.07) is -1.42. The van der Waals surface area contributed by atoms with E-state index < -0.39 is 18.1 Å². The van der Waals surface area contributed by atoms with Crippen LogP contribution in [0.1, 0.15) is 26.2 Å². The zero-order valence-corrected chi connectivity index (χ0v) is 10.1. The summed E-state index contributed by atoms with van der Waals surface area (Å²) in [5.74, 6) is -1.26. The molecule has 0 aromatic rings. The fourth-order valence-electron chi connectivity index (χ4n) is 2.31. The lowest BCUT2D eigenvalue weighted by molar-refractivity contribution is -0.155. The summed E-state index contributed by atoms with van der Waals surface area (Å²) in [6.07, 6.45) is 3.61. The minimum absolute atomic E-state index is 0.0267. The minimum atomic E-state index is -0.948. The van der Waals surface area contributed by atoms with Gasteiger partial charge in [-0.25, -0.2) is 4.79 Å². The average molecular weight is 240 g/mol. The van der Waals surface area contributed by atoms with Gasteiger partial charge < -0.3 is 15.7 Å². The molecule has 0 spiro atoms. The second kappa shape index (κ2) is 5.82. The molecule has 1 fully saturated rings. The molecule has 0 aromatic heterocycles. The molecule has 3 atom stereocenters. The molecule has 3 unspecified atom stereocenters. The van der Waals surface area contributed by atoms with Crippen LogP contribution in [0.3, 0.4) is 0 Å². The number of carbonyl (C=O) groups excluding carboxylic acids is 1. The molecule has 1 rings (SSSR count). The monoisotopic (exact) mass is 240 g/mol. The Morgan fingerprint density at radius 1 is 1.65 bits per heavy atom. The number of rotatable bonds is 4. The van der Waals surface area contributed by atoms with Crippen molar-refractivity contribution in [1.29, 1.82) is 0 Å². The van der Waals surface area contributed by atoms with Crippen LogP contribution in [-0.4, -0.2) is 40.5 Å². The Labute approximate surface area is 101 Å². The standard InChI is InChI=1S/C12H20N2O3/c1-3-5-9(13)11(15)14-7-4-6-8(2)10(14)12(16)17/h3,8-10H,1,4-7,13H2,2H3,(H,16,17).